The van der Waals surface area contributed by atoms with Gasteiger partial charge in [-0.25, -0.2) is 0 Å². The van der Waals surface area contributed by atoms with Gasteiger partial charge in [-0.2, -0.15) is 0 Å². The fraction of sp³-hybridized carbons (Fsp3) is 0. The molecule has 0 spiro atoms. The fourth-order valence-electron chi connectivity index (χ4n) is 0. The Morgan fingerprint density at radius 2 is 2.00 bits per heavy atom. The number of hydrogen-bond donors (Lipinski definition) is 1. The van der Waals surface area contributed by atoms with Crippen LogP contribution >= 0.6 is 0 Å². The van der Waals surface area contributed by atoms with Crippen LogP contribution in [0.5, 0.6) is 0 Å². The van der Waals surface area contributed by atoms with E-state index >= 15 is 0 Å². The summed E-state index contributed by atoms with van der Waals surface area (Å²) in [5.74, 6) is 0. The van der Waals surface area contributed by atoms with Crippen LogP contribution < -0.4 is 5.73 Å². The Balaban J connectivity index is -0.00000000667. The van der Waals surface area contributed by atoms with Gasteiger partial charge in [-0.15, -0.1) is 0 Å². The molecule has 0 unspecified atom stereocenters. The maximum absolute atomic E-state index is 8.58. The van der Waals surface area contributed by atoms with E-state index in [1.54, 1.807) is 0 Å². The van der Waals surface area contributed by atoms with Crippen LogP contribution in [0.25, 0.3) is 0 Å². The number of hydrogen-bond acceptors (Lipinski definition) is 1. The first-order valence-electron chi connectivity index (χ1n) is 0.569. The number of amides is 1. The van der Waals surface area contributed by atoms with E-state index in [1.807, 2.05) is 0 Å². The second kappa shape index (κ2) is 9.29. The molecule has 22 valence electrons. The smallest absolute Gasteiger partial charge is 1.00 e. The summed E-state index contributed by atoms with van der Waals surface area (Å²) in [6.07, 6.45) is 0.250. The van der Waals surface area contributed by atoms with Crippen LogP contribution in [-0.2, 0) is 4.79 Å². The van der Waals surface area contributed by atoms with Crippen LogP contribution in [0.4, 0.5) is 0 Å². The minimum Gasteiger partial charge on any atom is -1.00 e. The van der Waals surface area contributed by atoms with Gasteiger partial charge in [0, 0.05) is 0 Å². The molecule has 0 aromatic carbocycles. The normalized spacial score (nSPS) is 3.00. The third-order valence-corrected chi connectivity index (χ3v) is 0. The number of primary amides is 1. The molecule has 0 aliphatic heterocycles. The first-order chi connectivity index (χ1) is 1.41. The van der Waals surface area contributed by atoms with Gasteiger partial charge < -0.3 is 8.59 Å². The van der Waals surface area contributed by atoms with Crippen LogP contribution in [0.15, 0.2) is 0 Å². The van der Waals surface area contributed by atoms with Gasteiger partial charge in [0.05, 0.1) is 0 Å². The van der Waals surface area contributed by atoms with Crippen LogP contribution in [0.3, 0.4) is 0 Å². The zero-order valence-corrected chi connectivity index (χ0v) is 4.48. The van der Waals surface area contributed by atoms with Gasteiger partial charge in [-0.1, -0.05) is 0 Å². The topological polar surface area (TPSA) is 43.1 Å². The molecule has 0 atom stereocenters. The van der Waals surface area contributed by atoms with Crippen LogP contribution in [-0.4, -0.2) is 44.1 Å². The molecule has 0 aromatic heterocycles. The van der Waals surface area contributed by atoms with Crippen molar-refractivity contribution >= 4 is 44.1 Å². The van der Waals surface area contributed by atoms with Gasteiger partial charge in [-0.05, 0) is 0 Å². The molecule has 0 heterocycles. The first kappa shape index (κ1) is 8.83. The number of nitrogens with two attached hydrogens (primary N) is 1. The van der Waals surface area contributed by atoms with Gasteiger partial charge in [0.25, 0.3) is 0 Å². The summed E-state index contributed by atoms with van der Waals surface area (Å²) in [6.45, 7) is 0. The maximum atomic E-state index is 8.58. The Hall–Kier alpha value is 0.730. The SMILES string of the molecule is NC=O.[Ca+2].[H-].[H-]. The molecule has 2 nitrogen and oxygen atoms in total. The Labute approximate surface area is 57.3 Å². The zero-order chi connectivity index (χ0) is 2.71. The molecule has 4 heavy (non-hydrogen) atoms. The molecule has 0 aromatic rings. The maximum Gasteiger partial charge on any atom is 2.00 e. The Kier molecular flexibility index (Phi) is 20.5. The molecule has 0 rings (SSSR count). The number of carbonyl (C=O) groups excluding carboxylic acids is 1. The monoisotopic (exact) mass is 87.0 g/mol. The third kappa shape index (κ3) is 15.3. The standard InChI is InChI=1S/CH3NO.Ca.2H/c2-1-3;;;/h1H,(H2,2,3);;;/q;+2;2*-1. The largest absolute Gasteiger partial charge is 2.00 e. The Morgan fingerprint density at radius 3 is 2.00 bits per heavy atom. The summed E-state index contributed by atoms with van der Waals surface area (Å²) in [7, 11) is 0. The van der Waals surface area contributed by atoms with E-state index in [-0.39, 0.29) is 47.0 Å². The van der Waals surface area contributed by atoms with Crippen molar-refractivity contribution in [3.05, 3.63) is 0 Å². The van der Waals surface area contributed by atoms with Crippen LogP contribution in [0.1, 0.15) is 2.85 Å². The summed E-state index contributed by atoms with van der Waals surface area (Å²) < 4.78 is 0. The van der Waals surface area contributed by atoms with Crippen molar-refractivity contribution < 1.29 is 7.65 Å². The second-order valence-corrected chi connectivity index (χ2v) is 0.136. The van der Waals surface area contributed by atoms with Crippen LogP contribution in [0.2, 0.25) is 0 Å². The summed E-state index contributed by atoms with van der Waals surface area (Å²) in [6, 6.07) is 0. The van der Waals surface area contributed by atoms with Gasteiger partial charge in [0.1, 0.15) is 0 Å². The van der Waals surface area contributed by atoms with E-state index in [0.29, 0.717) is 0 Å². The molecule has 1 amide bonds. The Bertz CT molecular complexity index is 21.0. The summed E-state index contributed by atoms with van der Waals surface area (Å²) in [4.78, 5) is 8.58. The predicted octanol–water partition coefficient (Wildman–Crippen LogP) is -1.05. The zero-order valence-electron chi connectivity index (χ0n) is 4.27. The second-order valence-electron chi connectivity index (χ2n) is 0.136. The molecular weight excluding hydrogens is 82.1 g/mol. The number of carbonyl (C=O) groups is 1. The molecule has 0 aliphatic carbocycles. The van der Waals surface area contributed by atoms with E-state index < -0.39 is 0 Å². The predicted molar refractivity (Wildman–Crippen MR) is 18.2 cm³/mol. The van der Waals surface area contributed by atoms with E-state index in [2.05, 4.69) is 5.73 Å². The minimum absolute atomic E-state index is 0. The van der Waals surface area contributed by atoms with Gasteiger partial charge >= 0.3 is 37.7 Å². The Morgan fingerprint density at radius 1 is 2.00 bits per heavy atom. The molecule has 0 saturated carbocycles. The fourth-order valence-corrected chi connectivity index (χ4v) is 0. The molecule has 3 heteroatoms. The van der Waals surface area contributed by atoms with E-state index in [4.69, 9.17) is 4.79 Å². The first-order valence-corrected chi connectivity index (χ1v) is 0.569. The van der Waals surface area contributed by atoms with Crippen LogP contribution in [0, 0.1) is 0 Å². The average molecular weight is 87.1 g/mol. The quantitative estimate of drug-likeness (QED) is 0.297. The average Bonchev–Trinajstić information content (AvgIpc) is 0.918. The van der Waals surface area contributed by atoms with Crippen molar-refractivity contribution in [2.75, 3.05) is 0 Å². The molecule has 0 saturated heterocycles. The molecule has 0 aliphatic rings. The van der Waals surface area contributed by atoms with Crippen molar-refractivity contribution in [1.82, 2.24) is 0 Å². The van der Waals surface area contributed by atoms with Crippen molar-refractivity contribution in [3.8, 4) is 0 Å². The molecule has 0 fully saturated rings. The van der Waals surface area contributed by atoms with Gasteiger partial charge in [-0.3, -0.25) is 4.79 Å². The molecule has 0 radical (unpaired) electrons. The minimum atomic E-state index is 0. The molecule has 2 N–H and O–H groups in total. The molecular formula is CH5CaNO. The van der Waals surface area contributed by atoms with Gasteiger partial charge in [0.15, 0.2) is 0 Å². The summed E-state index contributed by atoms with van der Waals surface area (Å²) in [5, 5.41) is 0. The van der Waals surface area contributed by atoms with Crippen molar-refractivity contribution in [2.24, 2.45) is 5.73 Å². The molecule has 0 bridgehead atoms. The third-order valence-electron chi connectivity index (χ3n) is 0. The van der Waals surface area contributed by atoms with E-state index in [9.17, 15) is 0 Å². The summed E-state index contributed by atoms with van der Waals surface area (Å²) in [5.41, 5.74) is 4.17. The summed E-state index contributed by atoms with van der Waals surface area (Å²) >= 11 is 0. The van der Waals surface area contributed by atoms with Crippen molar-refractivity contribution in [3.63, 3.8) is 0 Å². The van der Waals surface area contributed by atoms with Gasteiger partial charge in [0.2, 0.25) is 6.41 Å². The van der Waals surface area contributed by atoms with E-state index in [1.165, 1.54) is 0 Å². The number of rotatable bonds is 0. The van der Waals surface area contributed by atoms with E-state index in [0.717, 1.165) is 0 Å². The van der Waals surface area contributed by atoms with Crippen molar-refractivity contribution in [2.45, 2.75) is 0 Å². The van der Waals surface area contributed by atoms with Crippen molar-refractivity contribution in [1.29, 1.82) is 0 Å².